The largest absolute Gasteiger partial charge is 0.494 e. The minimum absolute atomic E-state index is 0. The molecule has 0 radical (unpaired) electrons. The molecule has 0 bridgehead atoms. The van der Waals surface area contributed by atoms with Crippen LogP contribution in [-0.2, 0) is 0 Å². The van der Waals surface area contributed by atoms with Gasteiger partial charge in [-0.25, -0.2) is 0 Å². The second-order valence-electron chi connectivity index (χ2n) is 4.61. The van der Waals surface area contributed by atoms with Crippen molar-refractivity contribution in [3.05, 3.63) is 24.3 Å². The summed E-state index contributed by atoms with van der Waals surface area (Å²) >= 11 is 4.16. The number of hydrogen-bond donors (Lipinski definition) is 2. The second kappa shape index (κ2) is 12.2. The summed E-state index contributed by atoms with van der Waals surface area (Å²) in [6.45, 7) is 3.58. The van der Waals surface area contributed by atoms with Crippen LogP contribution in [0.2, 0.25) is 0 Å². The van der Waals surface area contributed by atoms with Gasteiger partial charge in [0.15, 0.2) is 0 Å². The lowest BCUT2D eigenvalue weighted by molar-refractivity contribution is 0.300. The van der Waals surface area contributed by atoms with Crippen LogP contribution in [0.4, 0.5) is 0 Å². The van der Waals surface area contributed by atoms with E-state index in [-0.39, 0.29) is 18.4 Å². The number of ether oxygens (including phenoxy) is 2. The summed E-state index contributed by atoms with van der Waals surface area (Å²) in [6, 6.07) is 8.00. The van der Waals surface area contributed by atoms with Crippen molar-refractivity contribution < 1.29 is 9.47 Å². The highest BCUT2D eigenvalue weighted by Gasteiger charge is 2.00. The molecule has 1 rings (SSSR count). The molecule has 0 aliphatic rings. The Bertz CT molecular complexity index is 335. The summed E-state index contributed by atoms with van der Waals surface area (Å²) in [4.78, 5) is 0. The maximum Gasteiger partial charge on any atom is 0.119 e. The van der Waals surface area contributed by atoms with Crippen LogP contribution in [0, 0.1) is 0 Å². The number of benzene rings is 1. The maximum atomic E-state index is 5.79. The minimum Gasteiger partial charge on any atom is -0.494 e. The van der Waals surface area contributed by atoms with Crippen molar-refractivity contribution in [3.8, 4) is 11.5 Å². The Hall–Kier alpha value is -0.580. The van der Waals surface area contributed by atoms with Crippen molar-refractivity contribution in [1.29, 1.82) is 0 Å². The smallest absolute Gasteiger partial charge is 0.119 e. The number of unbranched alkanes of at least 4 members (excludes halogenated alkanes) is 1. The van der Waals surface area contributed by atoms with Gasteiger partial charge in [0.1, 0.15) is 11.5 Å². The van der Waals surface area contributed by atoms with E-state index in [0.29, 0.717) is 0 Å². The van der Waals surface area contributed by atoms with Gasteiger partial charge in [-0.2, -0.15) is 12.6 Å². The summed E-state index contributed by atoms with van der Waals surface area (Å²) in [5, 5.41) is 0. The van der Waals surface area contributed by atoms with E-state index in [0.717, 1.165) is 56.1 Å². The molecule has 0 saturated heterocycles. The molecule has 5 heteroatoms. The summed E-state index contributed by atoms with van der Waals surface area (Å²) < 4.78 is 11.2. The molecule has 0 amide bonds. The molecule has 1 aromatic carbocycles. The van der Waals surface area contributed by atoms with Crippen LogP contribution in [0.5, 0.6) is 11.5 Å². The first-order valence-corrected chi connectivity index (χ1v) is 7.61. The normalized spacial score (nSPS) is 11.6. The van der Waals surface area contributed by atoms with E-state index in [1.54, 1.807) is 0 Å². The molecule has 1 aromatic rings. The van der Waals surface area contributed by atoms with Gasteiger partial charge in [0.25, 0.3) is 0 Å². The lowest BCUT2D eigenvalue weighted by atomic mass is 10.1. The average Bonchev–Trinajstić information content (AvgIpc) is 2.45. The Kier molecular flexibility index (Phi) is 11.8. The highest BCUT2D eigenvalue weighted by molar-refractivity contribution is 7.80. The molecule has 0 spiro atoms. The van der Waals surface area contributed by atoms with Crippen LogP contribution >= 0.6 is 25.0 Å². The fourth-order valence-electron chi connectivity index (χ4n) is 1.64. The Morgan fingerprint density at radius 2 is 1.60 bits per heavy atom. The van der Waals surface area contributed by atoms with E-state index >= 15 is 0 Å². The number of nitrogens with two attached hydrogens (primary N) is 1. The summed E-state index contributed by atoms with van der Waals surface area (Å²) in [5.74, 6) is 2.54. The quantitative estimate of drug-likeness (QED) is 0.510. The zero-order valence-electron chi connectivity index (χ0n) is 12.1. The molecule has 1 atom stereocenters. The summed E-state index contributed by atoms with van der Waals surface area (Å²) in [6.07, 6.45) is 4.14. The fourth-order valence-corrected chi connectivity index (χ4v) is 1.82. The van der Waals surface area contributed by atoms with E-state index in [4.69, 9.17) is 15.2 Å². The highest BCUT2D eigenvalue weighted by atomic mass is 35.5. The van der Waals surface area contributed by atoms with Crippen LogP contribution in [0.25, 0.3) is 0 Å². The average molecular weight is 320 g/mol. The SMILES string of the molecule is CCCOc1ccc(OCCCC[C@@H](N)CS)cc1.Cl. The van der Waals surface area contributed by atoms with E-state index < -0.39 is 0 Å². The van der Waals surface area contributed by atoms with Crippen molar-refractivity contribution >= 4 is 25.0 Å². The number of hydrogen-bond acceptors (Lipinski definition) is 4. The zero-order chi connectivity index (χ0) is 13.9. The van der Waals surface area contributed by atoms with Crippen LogP contribution in [0.3, 0.4) is 0 Å². The topological polar surface area (TPSA) is 44.5 Å². The first-order chi connectivity index (χ1) is 9.26. The van der Waals surface area contributed by atoms with Gasteiger partial charge in [0.05, 0.1) is 13.2 Å². The molecule has 0 aliphatic heterocycles. The first kappa shape index (κ1) is 19.4. The maximum absolute atomic E-state index is 5.79. The van der Waals surface area contributed by atoms with Gasteiger partial charge in [-0.05, 0) is 49.9 Å². The summed E-state index contributed by atoms with van der Waals surface area (Å²) in [7, 11) is 0. The van der Waals surface area contributed by atoms with Crippen molar-refractivity contribution in [1.82, 2.24) is 0 Å². The van der Waals surface area contributed by atoms with Gasteiger partial charge in [-0.15, -0.1) is 12.4 Å². The Balaban J connectivity index is 0.00000361. The third-order valence-electron chi connectivity index (χ3n) is 2.77. The molecule has 0 aromatic heterocycles. The van der Waals surface area contributed by atoms with E-state index in [2.05, 4.69) is 19.6 Å². The predicted octanol–water partition coefficient (Wildman–Crippen LogP) is 3.70. The Labute approximate surface area is 134 Å². The van der Waals surface area contributed by atoms with Crippen molar-refractivity contribution in [3.63, 3.8) is 0 Å². The Morgan fingerprint density at radius 1 is 1.05 bits per heavy atom. The van der Waals surface area contributed by atoms with E-state index in [9.17, 15) is 0 Å². The van der Waals surface area contributed by atoms with E-state index in [1.165, 1.54) is 0 Å². The lowest BCUT2D eigenvalue weighted by Gasteiger charge is -2.09. The van der Waals surface area contributed by atoms with Crippen LogP contribution in [-0.4, -0.2) is 25.0 Å². The molecule has 20 heavy (non-hydrogen) atoms. The van der Waals surface area contributed by atoms with Crippen molar-refractivity contribution in [2.45, 2.75) is 38.6 Å². The van der Waals surface area contributed by atoms with Gasteiger partial charge in [-0.3, -0.25) is 0 Å². The second-order valence-corrected chi connectivity index (χ2v) is 4.97. The molecular weight excluding hydrogens is 294 g/mol. The molecule has 0 saturated carbocycles. The van der Waals surface area contributed by atoms with Gasteiger partial charge in [0.2, 0.25) is 0 Å². The molecule has 0 fully saturated rings. The standard InChI is InChI=1S/C15H25NO2S.ClH/c1-2-10-17-14-6-8-15(9-7-14)18-11-4-3-5-13(16)12-19;/h6-9,13,19H,2-5,10-12,16H2,1H3;1H/t13-;/m1./s1. The number of thiol groups is 1. The molecule has 3 nitrogen and oxygen atoms in total. The van der Waals surface area contributed by atoms with Crippen LogP contribution in [0.1, 0.15) is 32.6 Å². The van der Waals surface area contributed by atoms with Gasteiger partial charge >= 0.3 is 0 Å². The van der Waals surface area contributed by atoms with Gasteiger partial charge in [-0.1, -0.05) is 6.92 Å². The molecule has 116 valence electrons. The minimum atomic E-state index is 0. The third-order valence-corrected chi connectivity index (χ3v) is 3.24. The predicted molar refractivity (Wildman–Crippen MR) is 90.7 cm³/mol. The van der Waals surface area contributed by atoms with Crippen molar-refractivity contribution in [2.75, 3.05) is 19.0 Å². The Morgan fingerprint density at radius 3 is 2.10 bits per heavy atom. The monoisotopic (exact) mass is 319 g/mol. The van der Waals surface area contributed by atoms with Crippen LogP contribution in [0.15, 0.2) is 24.3 Å². The molecule has 0 unspecified atom stereocenters. The van der Waals surface area contributed by atoms with E-state index in [1.807, 2.05) is 24.3 Å². The van der Waals surface area contributed by atoms with Crippen LogP contribution < -0.4 is 15.2 Å². The third kappa shape index (κ3) is 8.56. The number of rotatable bonds is 10. The highest BCUT2D eigenvalue weighted by Crippen LogP contribution is 2.18. The number of halogens is 1. The first-order valence-electron chi connectivity index (χ1n) is 6.98. The lowest BCUT2D eigenvalue weighted by Crippen LogP contribution is -2.21. The summed E-state index contributed by atoms with van der Waals surface area (Å²) in [5.41, 5.74) is 5.79. The zero-order valence-corrected chi connectivity index (χ0v) is 13.8. The van der Waals surface area contributed by atoms with Gasteiger partial charge < -0.3 is 15.2 Å². The van der Waals surface area contributed by atoms with Gasteiger partial charge in [0, 0.05) is 11.8 Å². The molecular formula is C15H26ClNO2S. The van der Waals surface area contributed by atoms with Crippen molar-refractivity contribution in [2.24, 2.45) is 5.73 Å². The molecule has 0 aliphatic carbocycles. The molecule has 0 heterocycles. The molecule has 2 N–H and O–H groups in total. The fraction of sp³-hybridized carbons (Fsp3) is 0.600.